The first-order valence-electron chi connectivity index (χ1n) is 8.10. The number of anilines is 1. The second-order valence-electron chi connectivity index (χ2n) is 5.63. The summed E-state index contributed by atoms with van der Waals surface area (Å²) in [4.78, 5) is 18.8. The maximum absolute atomic E-state index is 12.4. The molecule has 132 valence electrons. The van der Waals surface area contributed by atoms with Crippen LogP contribution in [0.5, 0.6) is 5.75 Å². The molecule has 0 bridgehead atoms. The van der Waals surface area contributed by atoms with E-state index >= 15 is 0 Å². The van der Waals surface area contributed by atoms with Crippen LogP contribution in [0, 0.1) is 0 Å². The van der Waals surface area contributed by atoms with Gasteiger partial charge < -0.3 is 14.4 Å². The first-order chi connectivity index (χ1) is 12.1. The van der Waals surface area contributed by atoms with Crippen LogP contribution in [0.4, 0.5) is 5.82 Å². The Morgan fingerprint density at radius 2 is 1.96 bits per heavy atom. The lowest BCUT2D eigenvalue weighted by molar-refractivity contribution is 0.0451. The molecule has 0 atom stereocenters. The quantitative estimate of drug-likeness (QED) is 0.554. The van der Waals surface area contributed by atoms with Gasteiger partial charge in [0.1, 0.15) is 30.3 Å². The summed E-state index contributed by atoms with van der Waals surface area (Å²) in [6.45, 7) is 2.14. The topological polar surface area (TPSA) is 51.7 Å². The van der Waals surface area contributed by atoms with Crippen molar-refractivity contribution in [3.63, 3.8) is 0 Å². The summed E-state index contributed by atoms with van der Waals surface area (Å²) >= 11 is 11.9. The number of benzene rings is 1. The number of carbonyl (C=O) groups excluding carboxylic acids is 1. The molecule has 2 heterocycles. The fourth-order valence-corrected chi connectivity index (χ4v) is 3.16. The van der Waals surface area contributed by atoms with Crippen LogP contribution in [0.15, 0.2) is 36.5 Å². The van der Waals surface area contributed by atoms with Gasteiger partial charge in [0.2, 0.25) is 0 Å². The molecule has 7 heteroatoms. The maximum Gasteiger partial charge on any atom is 0.342 e. The molecule has 1 saturated heterocycles. The highest BCUT2D eigenvalue weighted by atomic mass is 35.5. The van der Waals surface area contributed by atoms with E-state index in [4.69, 9.17) is 32.7 Å². The van der Waals surface area contributed by atoms with Gasteiger partial charge in [0.15, 0.2) is 0 Å². The van der Waals surface area contributed by atoms with Crippen molar-refractivity contribution in [1.82, 2.24) is 4.98 Å². The minimum absolute atomic E-state index is 0.117. The molecule has 1 aliphatic rings. The van der Waals surface area contributed by atoms with Crippen molar-refractivity contribution in [2.45, 2.75) is 12.8 Å². The molecule has 0 N–H and O–H groups in total. The molecule has 2 aromatic rings. The second kappa shape index (κ2) is 8.41. The summed E-state index contributed by atoms with van der Waals surface area (Å²) in [5.41, 5.74) is 0.480. The standard InChI is InChI=1S/C18H18Cl2N2O3/c19-13-5-6-16(15(20)12-13)24-10-11-25-18(23)14-4-3-7-21-17(14)22-8-1-2-9-22/h3-7,12H,1-2,8-11H2. The summed E-state index contributed by atoms with van der Waals surface area (Å²) in [6.07, 6.45) is 3.91. The summed E-state index contributed by atoms with van der Waals surface area (Å²) in [6, 6.07) is 8.44. The first-order valence-corrected chi connectivity index (χ1v) is 8.85. The van der Waals surface area contributed by atoms with E-state index in [1.807, 2.05) is 0 Å². The molecule has 1 fully saturated rings. The van der Waals surface area contributed by atoms with Crippen LogP contribution in [0.25, 0.3) is 0 Å². The number of pyridine rings is 1. The maximum atomic E-state index is 12.4. The number of esters is 1. The van der Waals surface area contributed by atoms with E-state index in [0.717, 1.165) is 25.9 Å². The fourth-order valence-electron chi connectivity index (χ4n) is 2.69. The van der Waals surface area contributed by atoms with E-state index < -0.39 is 5.97 Å². The highest BCUT2D eigenvalue weighted by Crippen LogP contribution is 2.27. The Morgan fingerprint density at radius 3 is 2.72 bits per heavy atom. The zero-order chi connectivity index (χ0) is 17.6. The first kappa shape index (κ1) is 17.8. The number of hydrogen-bond acceptors (Lipinski definition) is 5. The number of hydrogen-bond donors (Lipinski definition) is 0. The molecule has 0 unspecified atom stereocenters. The normalized spacial score (nSPS) is 13.8. The minimum atomic E-state index is -0.402. The summed E-state index contributed by atoms with van der Waals surface area (Å²) in [5, 5.41) is 0.956. The van der Waals surface area contributed by atoms with Gasteiger partial charge in [-0.3, -0.25) is 0 Å². The van der Waals surface area contributed by atoms with Crippen LogP contribution in [-0.2, 0) is 4.74 Å². The van der Waals surface area contributed by atoms with E-state index in [1.54, 1.807) is 36.5 Å². The van der Waals surface area contributed by atoms with Crippen LogP contribution in [0.3, 0.4) is 0 Å². The van der Waals surface area contributed by atoms with Crippen molar-refractivity contribution in [2.75, 3.05) is 31.2 Å². The molecule has 0 radical (unpaired) electrons. The van der Waals surface area contributed by atoms with Crippen molar-refractivity contribution in [1.29, 1.82) is 0 Å². The Hall–Kier alpha value is -1.98. The monoisotopic (exact) mass is 380 g/mol. The third-order valence-corrected chi connectivity index (χ3v) is 4.41. The molecular formula is C18H18Cl2N2O3. The molecule has 0 aliphatic carbocycles. The number of carbonyl (C=O) groups is 1. The van der Waals surface area contributed by atoms with E-state index in [0.29, 0.717) is 27.2 Å². The number of rotatable bonds is 6. The smallest absolute Gasteiger partial charge is 0.342 e. The molecule has 0 amide bonds. The van der Waals surface area contributed by atoms with Gasteiger partial charge in [0.05, 0.1) is 5.02 Å². The third-order valence-electron chi connectivity index (χ3n) is 3.88. The Kier molecular flexibility index (Phi) is 6.00. The molecule has 0 spiro atoms. The lowest BCUT2D eigenvalue weighted by Crippen LogP contribution is -2.23. The minimum Gasteiger partial charge on any atom is -0.488 e. The summed E-state index contributed by atoms with van der Waals surface area (Å²) in [5.74, 6) is 0.786. The Morgan fingerprint density at radius 1 is 1.16 bits per heavy atom. The average Bonchev–Trinajstić information content (AvgIpc) is 3.14. The van der Waals surface area contributed by atoms with Crippen LogP contribution in [-0.4, -0.2) is 37.3 Å². The number of nitrogens with zero attached hydrogens (tertiary/aromatic N) is 2. The Labute approximate surface area is 156 Å². The van der Waals surface area contributed by atoms with E-state index in [2.05, 4.69) is 9.88 Å². The van der Waals surface area contributed by atoms with Gasteiger partial charge in [0.25, 0.3) is 0 Å². The van der Waals surface area contributed by atoms with Gasteiger partial charge in [-0.2, -0.15) is 0 Å². The predicted molar refractivity (Wildman–Crippen MR) is 97.9 cm³/mol. The SMILES string of the molecule is O=C(OCCOc1ccc(Cl)cc1Cl)c1cccnc1N1CCCC1. The molecule has 25 heavy (non-hydrogen) atoms. The third kappa shape index (κ3) is 4.55. The van der Waals surface area contributed by atoms with Gasteiger partial charge in [-0.15, -0.1) is 0 Å². The van der Waals surface area contributed by atoms with Crippen LogP contribution in [0.1, 0.15) is 23.2 Å². The summed E-state index contributed by atoms with van der Waals surface area (Å²) < 4.78 is 10.8. The van der Waals surface area contributed by atoms with Crippen molar-refractivity contribution in [2.24, 2.45) is 0 Å². The van der Waals surface area contributed by atoms with Crippen molar-refractivity contribution in [3.05, 3.63) is 52.1 Å². The second-order valence-corrected chi connectivity index (χ2v) is 6.47. The zero-order valence-electron chi connectivity index (χ0n) is 13.6. The molecule has 1 aliphatic heterocycles. The molecule has 3 rings (SSSR count). The zero-order valence-corrected chi connectivity index (χ0v) is 15.1. The van der Waals surface area contributed by atoms with Gasteiger partial charge >= 0.3 is 5.97 Å². The van der Waals surface area contributed by atoms with E-state index in [9.17, 15) is 4.79 Å². The Bertz CT molecular complexity index is 749. The molecule has 0 saturated carbocycles. The average molecular weight is 381 g/mol. The van der Waals surface area contributed by atoms with Crippen LogP contribution >= 0.6 is 23.2 Å². The lowest BCUT2D eigenvalue weighted by Gasteiger charge is -2.19. The van der Waals surface area contributed by atoms with Crippen molar-refractivity contribution in [3.8, 4) is 5.75 Å². The van der Waals surface area contributed by atoms with E-state index in [1.165, 1.54) is 0 Å². The van der Waals surface area contributed by atoms with Crippen LogP contribution in [0.2, 0.25) is 10.0 Å². The Balaban J connectivity index is 1.54. The van der Waals surface area contributed by atoms with Gasteiger partial charge in [-0.05, 0) is 43.2 Å². The molecular weight excluding hydrogens is 363 g/mol. The largest absolute Gasteiger partial charge is 0.488 e. The molecule has 1 aromatic carbocycles. The number of aromatic nitrogens is 1. The van der Waals surface area contributed by atoms with Gasteiger partial charge in [-0.1, -0.05) is 23.2 Å². The van der Waals surface area contributed by atoms with Crippen molar-refractivity contribution >= 4 is 35.0 Å². The predicted octanol–water partition coefficient (Wildman–Crippen LogP) is 4.22. The van der Waals surface area contributed by atoms with Gasteiger partial charge in [-0.25, -0.2) is 9.78 Å². The lowest BCUT2D eigenvalue weighted by atomic mass is 10.2. The van der Waals surface area contributed by atoms with Crippen LogP contribution < -0.4 is 9.64 Å². The van der Waals surface area contributed by atoms with E-state index in [-0.39, 0.29) is 13.2 Å². The highest BCUT2D eigenvalue weighted by Gasteiger charge is 2.21. The summed E-state index contributed by atoms with van der Waals surface area (Å²) in [7, 11) is 0. The van der Waals surface area contributed by atoms with Gasteiger partial charge in [0, 0.05) is 24.3 Å². The number of halogens is 2. The number of ether oxygens (including phenoxy) is 2. The molecule has 5 nitrogen and oxygen atoms in total. The molecule has 1 aromatic heterocycles. The highest BCUT2D eigenvalue weighted by molar-refractivity contribution is 6.35. The van der Waals surface area contributed by atoms with Crippen molar-refractivity contribution < 1.29 is 14.3 Å². The fraction of sp³-hybridized carbons (Fsp3) is 0.333.